The molecule has 0 saturated heterocycles. The van der Waals surface area contributed by atoms with E-state index in [0.29, 0.717) is 23.3 Å². The van der Waals surface area contributed by atoms with Gasteiger partial charge in [0, 0.05) is 10.4 Å². The summed E-state index contributed by atoms with van der Waals surface area (Å²) in [6.07, 6.45) is 2.51. The first-order chi connectivity index (χ1) is 17.0. The lowest BCUT2D eigenvalue weighted by molar-refractivity contribution is 0.174. The molecule has 0 saturated carbocycles. The number of fused-ring (bicyclic) bond motifs is 2. The van der Waals surface area contributed by atoms with Gasteiger partial charge >= 0.3 is 0 Å². The van der Waals surface area contributed by atoms with Crippen molar-refractivity contribution in [1.82, 2.24) is 9.66 Å². The van der Waals surface area contributed by atoms with Crippen LogP contribution in [0.15, 0.2) is 75.0 Å². The van der Waals surface area contributed by atoms with Gasteiger partial charge in [-0.15, -0.1) is 0 Å². The molecule has 0 radical (unpaired) electrons. The Balaban J connectivity index is 1.35. The molecule has 1 aromatic heterocycles. The molecule has 1 atom stereocenters. The van der Waals surface area contributed by atoms with E-state index in [4.69, 9.17) is 19.2 Å². The lowest BCUT2D eigenvalue weighted by atomic mass is 10.1. The van der Waals surface area contributed by atoms with E-state index < -0.39 is 0 Å². The Labute approximate surface area is 211 Å². The Morgan fingerprint density at radius 1 is 1.11 bits per heavy atom. The largest absolute Gasteiger partial charge is 0.489 e. The Hall–Kier alpha value is -3.65. The zero-order chi connectivity index (χ0) is 24.4. The smallest absolute Gasteiger partial charge is 0.282 e. The summed E-state index contributed by atoms with van der Waals surface area (Å²) >= 11 is 3.44. The summed E-state index contributed by atoms with van der Waals surface area (Å²) in [5, 5.41) is 5.04. The van der Waals surface area contributed by atoms with Crippen molar-refractivity contribution in [2.45, 2.75) is 32.8 Å². The third kappa shape index (κ3) is 4.93. The molecule has 0 bridgehead atoms. The minimum absolute atomic E-state index is 0.0832. The normalized spacial score (nSPS) is 13.5. The first-order valence-electron chi connectivity index (χ1n) is 11.4. The molecule has 5 rings (SSSR count). The SMILES string of the molecule is CC[C@H](C)c1nc2ccc(Br)cc2c(=O)n1N=Cc1ccc(OCc2ccc3c(c2)OCO3)cc1. The maximum atomic E-state index is 13.2. The Morgan fingerprint density at radius 3 is 2.71 bits per heavy atom. The van der Waals surface area contributed by atoms with Gasteiger partial charge in [-0.3, -0.25) is 4.79 Å². The number of aromatic nitrogens is 2. The van der Waals surface area contributed by atoms with Crippen LogP contribution in [0, 0.1) is 0 Å². The van der Waals surface area contributed by atoms with E-state index in [2.05, 4.69) is 28.0 Å². The fourth-order valence-corrected chi connectivity index (χ4v) is 4.11. The molecular formula is C27H24BrN3O4. The summed E-state index contributed by atoms with van der Waals surface area (Å²) < 4.78 is 18.9. The van der Waals surface area contributed by atoms with Crippen LogP contribution < -0.4 is 19.8 Å². The fraction of sp³-hybridized carbons (Fsp3) is 0.222. The third-order valence-corrected chi connectivity index (χ3v) is 6.42. The summed E-state index contributed by atoms with van der Waals surface area (Å²) in [4.78, 5) is 18.0. The molecule has 3 aromatic carbocycles. The van der Waals surface area contributed by atoms with Crippen LogP contribution in [-0.4, -0.2) is 22.7 Å². The predicted octanol–water partition coefficient (Wildman–Crippen LogP) is 5.86. The molecule has 35 heavy (non-hydrogen) atoms. The highest BCUT2D eigenvalue weighted by Gasteiger charge is 2.16. The molecule has 0 unspecified atom stereocenters. The molecule has 8 heteroatoms. The van der Waals surface area contributed by atoms with Gasteiger partial charge < -0.3 is 14.2 Å². The molecule has 0 fully saturated rings. The summed E-state index contributed by atoms with van der Waals surface area (Å²) in [5.74, 6) is 2.95. The van der Waals surface area contributed by atoms with Gasteiger partial charge in [0.1, 0.15) is 18.2 Å². The second-order valence-corrected chi connectivity index (χ2v) is 9.26. The maximum Gasteiger partial charge on any atom is 0.282 e. The van der Waals surface area contributed by atoms with Crippen LogP contribution in [0.5, 0.6) is 17.2 Å². The minimum atomic E-state index is -0.188. The summed E-state index contributed by atoms with van der Waals surface area (Å²) in [6, 6.07) is 18.8. The van der Waals surface area contributed by atoms with E-state index in [0.717, 1.165) is 39.3 Å². The first-order valence-corrected chi connectivity index (χ1v) is 12.2. The third-order valence-electron chi connectivity index (χ3n) is 5.93. The summed E-state index contributed by atoms with van der Waals surface area (Å²) in [7, 11) is 0. The summed E-state index contributed by atoms with van der Waals surface area (Å²) in [5.41, 5.74) is 2.32. The zero-order valence-corrected chi connectivity index (χ0v) is 21.0. The monoisotopic (exact) mass is 533 g/mol. The number of halogens is 1. The number of nitrogens with zero attached hydrogens (tertiary/aromatic N) is 3. The number of hydrogen-bond donors (Lipinski definition) is 0. The average Bonchev–Trinajstić information content (AvgIpc) is 3.35. The highest BCUT2D eigenvalue weighted by Crippen LogP contribution is 2.32. The average molecular weight is 534 g/mol. The van der Waals surface area contributed by atoms with E-state index in [-0.39, 0.29) is 18.3 Å². The van der Waals surface area contributed by atoms with Crippen molar-refractivity contribution in [3.8, 4) is 17.2 Å². The van der Waals surface area contributed by atoms with E-state index in [9.17, 15) is 4.79 Å². The van der Waals surface area contributed by atoms with Crippen molar-refractivity contribution in [2.24, 2.45) is 5.10 Å². The van der Waals surface area contributed by atoms with Crippen LogP contribution in [0.25, 0.3) is 10.9 Å². The van der Waals surface area contributed by atoms with Gasteiger partial charge in [0.05, 0.1) is 17.1 Å². The lowest BCUT2D eigenvalue weighted by Crippen LogP contribution is -2.23. The molecular weight excluding hydrogens is 510 g/mol. The Kier molecular flexibility index (Phi) is 6.55. The van der Waals surface area contributed by atoms with Crippen LogP contribution in [0.1, 0.15) is 43.1 Å². The predicted molar refractivity (Wildman–Crippen MR) is 139 cm³/mol. The van der Waals surface area contributed by atoms with Crippen molar-refractivity contribution in [3.63, 3.8) is 0 Å². The molecule has 0 N–H and O–H groups in total. The summed E-state index contributed by atoms with van der Waals surface area (Å²) in [6.45, 7) is 4.78. The van der Waals surface area contributed by atoms with E-state index >= 15 is 0 Å². The van der Waals surface area contributed by atoms with Gasteiger partial charge in [-0.2, -0.15) is 9.78 Å². The first kappa shape index (κ1) is 23.1. The molecule has 0 aliphatic carbocycles. The fourth-order valence-electron chi connectivity index (χ4n) is 3.75. The second-order valence-electron chi connectivity index (χ2n) is 8.35. The van der Waals surface area contributed by atoms with Crippen LogP contribution in [0.3, 0.4) is 0 Å². The van der Waals surface area contributed by atoms with E-state index in [1.165, 1.54) is 4.68 Å². The van der Waals surface area contributed by atoms with Gasteiger partial charge in [0.2, 0.25) is 6.79 Å². The van der Waals surface area contributed by atoms with Gasteiger partial charge in [-0.25, -0.2) is 4.98 Å². The Bertz CT molecular complexity index is 1460. The molecule has 1 aliphatic rings. The molecule has 1 aliphatic heterocycles. The number of hydrogen-bond acceptors (Lipinski definition) is 6. The number of benzene rings is 3. The van der Waals surface area contributed by atoms with Gasteiger partial charge in [0.25, 0.3) is 5.56 Å². The molecule has 0 spiro atoms. The quantitative estimate of drug-likeness (QED) is 0.278. The highest BCUT2D eigenvalue weighted by molar-refractivity contribution is 9.10. The second kappa shape index (κ2) is 9.92. The standard InChI is InChI=1S/C27H24BrN3O4/c1-3-17(2)26-30-23-10-7-20(28)13-22(23)27(32)31(26)29-14-18-4-8-21(9-5-18)33-15-19-6-11-24-25(12-19)35-16-34-24/h4-14,17H,3,15-16H2,1-2H3/t17-/m0/s1. The highest BCUT2D eigenvalue weighted by atomic mass is 79.9. The van der Waals surface area contributed by atoms with E-state index in [1.807, 2.05) is 61.5 Å². The van der Waals surface area contributed by atoms with Crippen LogP contribution in [0.4, 0.5) is 0 Å². The molecule has 7 nitrogen and oxygen atoms in total. The molecule has 4 aromatic rings. The maximum absolute atomic E-state index is 13.2. The topological polar surface area (TPSA) is 74.9 Å². The lowest BCUT2D eigenvalue weighted by Gasteiger charge is -2.14. The van der Waals surface area contributed by atoms with Crippen molar-refractivity contribution in [1.29, 1.82) is 0 Å². The zero-order valence-electron chi connectivity index (χ0n) is 19.4. The van der Waals surface area contributed by atoms with Crippen molar-refractivity contribution < 1.29 is 14.2 Å². The van der Waals surface area contributed by atoms with Gasteiger partial charge in [-0.05, 0) is 72.1 Å². The minimum Gasteiger partial charge on any atom is -0.489 e. The molecule has 0 amide bonds. The van der Waals surface area contributed by atoms with Crippen LogP contribution in [0.2, 0.25) is 0 Å². The van der Waals surface area contributed by atoms with Crippen LogP contribution in [-0.2, 0) is 6.61 Å². The van der Waals surface area contributed by atoms with Crippen molar-refractivity contribution in [2.75, 3.05) is 6.79 Å². The van der Waals surface area contributed by atoms with Gasteiger partial charge in [-0.1, -0.05) is 35.8 Å². The number of rotatable bonds is 7. The van der Waals surface area contributed by atoms with Crippen LogP contribution >= 0.6 is 15.9 Å². The Morgan fingerprint density at radius 2 is 1.91 bits per heavy atom. The molecule has 178 valence electrons. The van der Waals surface area contributed by atoms with Crippen molar-refractivity contribution in [3.05, 3.63) is 92.4 Å². The van der Waals surface area contributed by atoms with Gasteiger partial charge in [0.15, 0.2) is 11.5 Å². The molecule has 2 heterocycles. The van der Waals surface area contributed by atoms with E-state index in [1.54, 1.807) is 12.3 Å². The van der Waals surface area contributed by atoms with Crippen molar-refractivity contribution >= 4 is 33.0 Å². The number of ether oxygens (including phenoxy) is 3.